The summed E-state index contributed by atoms with van der Waals surface area (Å²) in [5.41, 5.74) is 1.16. The molecule has 138 valence electrons. The highest BCUT2D eigenvalue weighted by Gasteiger charge is 2.42. The van der Waals surface area contributed by atoms with Gasteiger partial charge in [0.15, 0.2) is 0 Å². The van der Waals surface area contributed by atoms with E-state index in [9.17, 15) is 5.11 Å². The molecule has 4 nitrogen and oxygen atoms in total. The summed E-state index contributed by atoms with van der Waals surface area (Å²) in [6, 6.07) is 11.0. The number of benzene rings is 1. The fourth-order valence-electron chi connectivity index (χ4n) is 5.17. The van der Waals surface area contributed by atoms with Crippen molar-refractivity contribution in [3.05, 3.63) is 35.9 Å². The minimum absolute atomic E-state index is 0.391. The van der Waals surface area contributed by atoms with E-state index < -0.39 is 6.10 Å². The molecule has 1 aromatic carbocycles. The van der Waals surface area contributed by atoms with E-state index in [2.05, 4.69) is 21.9 Å². The monoisotopic (exact) mass is 344 g/mol. The molecule has 3 fully saturated rings. The van der Waals surface area contributed by atoms with E-state index in [1.165, 1.54) is 38.8 Å². The molecule has 25 heavy (non-hydrogen) atoms. The Labute approximate surface area is 151 Å². The molecule has 4 unspecified atom stereocenters. The van der Waals surface area contributed by atoms with Crippen molar-refractivity contribution in [2.24, 2.45) is 11.8 Å². The number of rotatable bonds is 7. The standard InChI is InChI=1S/C21H32N2O2/c24-20(16-25-15-17-4-2-1-3-5-17)14-22-8-10-23(11-9-22)21-13-18-6-7-19(21)12-18/h1-5,18-21,24H,6-16H2. The van der Waals surface area contributed by atoms with E-state index in [0.717, 1.165) is 43.1 Å². The second kappa shape index (κ2) is 8.17. The molecule has 2 aliphatic carbocycles. The minimum Gasteiger partial charge on any atom is -0.389 e. The van der Waals surface area contributed by atoms with E-state index in [-0.39, 0.29) is 0 Å². The van der Waals surface area contributed by atoms with Crippen LogP contribution in [-0.2, 0) is 11.3 Å². The molecule has 2 bridgehead atoms. The van der Waals surface area contributed by atoms with Crippen LogP contribution in [0.3, 0.4) is 0 Å². The molecule has 4 rings (SSSR count). The maximum Gasteiger partial charge on any atom is 0.0900 e. The number of fused-ring (bicyclic) bond motifs is 2. The van der Waals surface area contributed by atoms with Gasteiger partial charge in [0.2, 0.25) is 0 Å². The highest BCUT2D eigenvalue weighted by atomic mass is 16.5. The number of nitrogens with zero attached hydrogens (tertiary/aromatic N) is 2. The van der Waals surface area contributed by atoms with Gasteiger partial charge < -0.3 is 9.84 Å². The second-order valence-electron chi connectivity index (χ2n) is 8.23. The van der Waals surface area contributed by atoms with Gasteiger partial charge in [-0.3, -0.25) is 9.80 Å². The van der Waals surface area contributed by atoms with Gasteiger partial charge in [0, 0.05) is 38.8 Å². The summed E-state index contributed by atoms with van der Waals surface area (Å²) < 4.78 is 5.67. The summed E-state index contributed by atoms with van der Waals surface area (Å²) in [5, 5.41) is 10.3. The van der Waals surface area contributed by atoms with Gasteiger partial charge in [-0.25, -0.2) is 0 Å². The molecule has 1 aromatic rings. The average Bonchev–Trinajstić information content (AvgIpc) is 3.27. The first-order valence-corrected chi connectivity index (χ1v) is 10.0. The third-order valence-electron chi connectivity index (χ3n) is 6.47. The van der Waals surface area contributed by atoms with Crippen LogP contribution in [0.25, 0.3) is 0 Å². The highest BCUT2D eigenvalue weighted by molar-refractivity contribution is 5.13. The van der Waals surface area contributed by atoms with Crippen LogP contribution in [0.4, 0.5) is 0 Å². The van der Waals surface area contributed by atoms with Crippen LogP contribution in [0.15, 0.2) is 30.3 Å². The Balaban J connectivity index is 1.13. The van der Waals surface area contributed by atoms with Crippen molar-refractivity contribution in [2.75, 3.05) is 39.3 Å². The lowest BCUT2D eigenvalue weighted by Crippen LogP contribution is -2.53. The van der Waals surface area contributed by atoms with Crippen molar-refractivity contribution in [3.8, 4) is 0 Å². The zero-order valence-corrected chi connectivity index (χ0v) is 15.2. The van der Waals surface area contributed by atoms with Crippen LogP contribution in [0.1, 0.15) is 31.2 Å². The number of aliphatic hydroxyl groups excluding tert-OH is 1. The quantitative estimate of drug-likeness (QED) is 0.824. The molecule has 3 aliphatic rings. The number of hydrogen-bond acceptors (Lipinski definition) is 4. The van der Waals surface area contributed by atoms with Crippen LogP contribution >= 0.6 is 0 Å². The van der Waals surface area contributed by atoms with Crippen molar-refractivity contribution in [1.82, 2.24) is 9.80 Å². The number of ether oxygens (including phenoxy) is 1. The molecule has 2 saturated carbocycles. The van der Waals surface area contributed by atoms with E-state index >= 15 is 0 Å². The smallest absolute Gasteiger partial charge is 0.0900 e. The first kappa shape index (κ1) is 17.5. The van der Waals surface area contributed by atoms with Crippen LogP contribution in [-0.4, -0.2) is 66.4 Å². The summed E-state index contributed by atoms with van der Waals surface area (Å²) in [7, 11) is 0. The Kier molecular flexibility index (Phi) is 5.71. The van der Waals surface area contributed by atoms with Crippen molar-refractivity contribution >= 4 is 0 Å². The minimum atomic E-state index is -0.391. The van der Waals surface area contributed by atoms with Gasteiger partial charge in [-0.2, -0.15) is 0 Å². The predicted molar refractivity (Wildman–Crippen MR) is 99.4 cm³/mol. The Morgan fingerprint density at radius 2 is 1.84 bits per heavy atom. The molecule has 0 aromatic heterocycles. The SMILES string of the molecule is OC(COCc1ccccc1)CN1CCN(C2CC3CCC2C3)CC1. The lowest BCUT2D eigenvalue weighted by molar-refractivity contribution is -0.00467. The molecule has 0 radical (unpaired) electrons. The summed E-state index contributed by atoms with van der Waals surface area (Å²) in [4.78, 5) is 5.14. The van der Waals surface area contributed by atoms with Gasteiger partial charge in [-0.15, -0.1) is 0 Å². The van der Waals surface area contributed by atoms with E-state index in [0.29, 0.717) is 13.2 Å². The number of β-amino-alcohol motifs (C(OH)–C–C–N with tert-alkyl or cyclic N) is 1. The number of aliphatic hydroxyl groups is 1. The van der Waals surface area contributed by atoms with Crippen LogP contribution in [0, 0.1) is 11.8 Å². The Morgan fingerprint density at radius 3 is 2.52 bits per heavy atom. The molecule has 0 spiro atoms. The fraction of sp³-hybridized carbons (Fsp3) is 0.714. The van der Waals surface area contributed by atoms with E-state index in [1.54, 1.807) is 0 Å². The van der Waals surface area contributed by atoms with Crippen molar-refractivity contribution in [1.29, 1.82) is 0 Å². The van der Waals surface area contributed by atoms with E-state index in [1.807, 2.05) is 18.2 Å². The summed E-state index contributed by atoms with van der Waals surface area (Å²) in [5.74, 6) is 2.00. The third-order valence-corrected chi connectivity index (χ3v) is 6.47. The summed E-state index contributed by atoms with van der Waals surface area (Å²) in [6.07, 6.45) is 5.49. The van der Waals surface area contributed by atoms with Gasteiger partial charge in [-0.1, -0.05) is 36.8 Å². The normalized spacial score (nSPS) is 31.5. The maximum atomic E-state index is 10.3. The molecular weight excluding hydrogens is 312 g/mol. The fourth-order valence-corrected chi connectivity index (χ4v) is 5.17. The zero-order chi connectivity index (χ0) is 17.1. The lowest BCUT2D eigenvalue weighted by atomic mass is 9.93. The number of hydrogen-bond donors (Lipinski definition) is 1. The van der Waals surface area contributed by atoms with Crippen LogP contribution in [0.5, 0.6) is 0 Å². The summed E-state index contributed by atoms with van der Waals surface area (Å²) >= 11 is 0. The largest absolute Gasteiger partial charge is 0.389 e. The molecule has 1 heterocycles. The Morgan fingerprint density at radius 1 is 1.04 bits per heavy atom. The molecule has 1 N–H and O–H groups in total. The molecule has 1 saturated heterocycles. The van der Waals surface area contributed by atoms with Gasteiger partial charge in [0.25, 0.3) is 0 Å². The van der Waals surface area contributed by atoms with Gasteiger partial charge in [-0.05, 0) is 36.7 Å². The maximum absolute atomic E-state index is 10.3. The molecule has 4 heteroatoms. The van der Waals surface area contributed by atoms with Crippen LogP contribution < -0.4 is 0 Å². The van der Waals surface area contributed by atoms with Gasteiger partial charge in [0.1, 0.15) is 0 Å². The Bertz CT molecular complexity index is 530. The summed E-state index contributed by atoms with van der Waals surface area (Å²) in [6.45, 7) is 6.25. The first-order valence-electron chi connectivity index (χ1n) is 10.0. The first-order chi connectivity index (χ1) is 12.3. The zero-order valence-electron chi connectivity index (χ0n) is 15.2. The second-order valence-corrected chi connectivity index (χ2v) is 8.23. The lowest BCUT2D eigenvalue weighted by Gasteiger charge is -2.41. The average molecular weight is 344 g/mol. The van der Waals surface area contributed by atoms with Crippen molar-refractivity contribution in [2.45, 2.75) is 44.4 Å². The molecular formula is C21H32N2O2. The topological polar surface area (TPSA) is 35.9 Å². The van der Waals surface area contributed by atoms with Gasteiger partial charge in [0.05, 0.1) is 19.3 Å². The molecule has 0 amide bonds. The van der Waals surface area contributed by atoms with E-state index in [4.69, 9.17) is 4.74 Å². The van der Waals surface area contributed by atoms with Crippen LogP contribution in [0.2, 0.25) is 0 Å². The van der Waals surface area contributed by atoms with Gasteiger partial charge >= 0.3 is 0 Å². The predicted octanol–water partition coefficient (Wildman–Crippen LogP) is 2.37. The third kappa shape index (κ3) is 4.43. The molecule has 4 atom stereocenters. The molecule has 1 aliphatic heterocycles. The number of piperazine rings is 1. The highest BCUT2D eigenvalue weighted by Crippen LogP contribution is 2.46. The Hall–Kier alpha value is -0.940. The van der Waals surface area contributed by atoms with Crippen molar-refractivity contribution in [3.63, 3.8) is 0 Å². The van der Waals surface area contributed by atoms with Crippen molar-refractivity contribution < 1.29 is 9.84 Å².